The zero-order valence-electron chi connectivity index (χ0n) is 10.0. The molecule has 0 radical (unpaired) electrons. The van der Waals surface area contributed by atoms with Gasteiger partial charge in [0, 0.05) is 17.5 Å². The van der Waals surface area contributed by atoms with Crippen LogP contribution in [0.4, 0.5) is 0 Å². The van der Waals surface area contributed by atoms with E-state index in [0.717, 1.165) is 17.3 Å². The highest BCUT2D eigenvalue weighted by Crippen LogP contribution is 2.36. The second-order valence-electron chi connectivity index (χ2n) is 4.32. The van der Waals surface area contributed by atoms with E-state index in [2.05, 4.69) is 22.9 Å². The van der Waals surface area contributed by atoms with Crippen LogP contribution < -0.4 is 4.74 Å². The Morgan fingerprint density at radius 2 is 2.22 bits per heavy atom. The first-order valence-electron chi connectivity index (χ1n) is 5.99. The SMILES string of the molecule is CCCOC1C(Cl)CC1Oc1ccc(Br)cc1Cl. The summed E-state index contributed by atoms with van der Waals surface area (Å²) in [7, 11) is 0. The Hall–Kier alpha value is 0.0400. The number of benzene rings is 1. The zero-order valence-corrected chi connectivity index (χ0v) is 13.1. The van der Waals surface area contributed by atoms with Crippen LogP contribution in [0.5, 0.6) is 5.75 Å². The summed E-state index contributed by atoms with van der Waals surface area (Å²) < 4.78 is 12.5. The topological polar surface area (TPSA) is 18.5 Å². The summed E-state index contributed by atoms with van der Waals surface area (Å²) >= 11 is 15.6. The van der Waals surface area contributed by atoms with E-state index in [1.54, 1.807) is 0 Å². The molecule has 3 unspecified atom stereocenters. The molecule has 0 spiro atoms. The predicted molar refractivity (Wildman–Crippen MR) is 77.9 cm³/mol. The van der Waals surface area contributed by atoms with E-state index in [4.69, 9.17) is 32.7 Å². The third-order valence-electron chi connectivity index (χ3n) is 2.87. The minimum Gasteiger partial charge on any atom is -0.486 e. The smallest absolute Gasteiger partial charge is 0.138 e. The normalized spacial score (nSPS) is 26.8. The predicted octanol–water partition coefficient (Wildman–Crippen LogP) is 4.66. The van der Waals surface area contributed by atoms with E-state index in [0.29, 0.717) is 17.4 Å². The molecule has 1 aromatic carbocycles. The molecule has 0 heterocycles. The van der Waals surface area contributed by atoms with Gasteiger partial charge in [-0.25, -0.2) is 0 Å². The van der Waals surface area contributed by atoms with Crippen molar-refractivity contribution in [2.75, 3.05) is 6.61 Å². The fraction of sp³-hybridized carbons (Fsp3) is 0.538. The fourth-order valence-electron chi connectivity index (χ4n) is 1.84. The maximum atomic E-state index is 6.13. The molecule has 0 aromatic heterocycles. The molecule has 3 atom stereocenters. The van der Waals surface area contributed by atoms with Gasteiger partial charge in [-0.1, -0.05) is 34.5 Å². The van der Waals surface area contributed by atoms with Gasteiger partial charge in [0.05, 0.1) is 10.4 Å². The molecular formula is C13H15BrCl2O2. The molecule has 0 N–H and O–H groups in total. The third kappa shape index (κ3) is 3.32. The third-order valence-corrected chi connectivity index (χ3v) is 4.08. The number of rotatable bonds is 5. The second kappa shape index (κ2) is 6.47. The molecule has 0 saturated heterocycles. The van der Waals surface area contributed by atoms with Crippen LogP contribution >= 0.6 is 39.1 Å². The number of ether oxygens (including phenoxy) is 2. The molecule has 1 aliphatic rings. The van der Waals surface area contributed by atoms with Gasteiger partial charge in [-0.15, -0.1) is 11.6 Å². The van der Waals surface area contributed by atoms with Crippen LogP contribution in [0.3, 0.4) is 0 Å². The molecule has 0 bridgehead atoms. The summed E-state index contributed by atoms with van der Waals surface area (Å²) in [6.07, 6.45) is 1.73. The van der Waals surface area contributed by atoms with Crippen LogP contribution in [0.2, 0.25) is 5.02 Å². The molecule has 1 aliphatic carbocycles. The summed E-state index contributed by atoms with van der Waals surface area (Å²) in [6, 6.07) is 5.57. The first-order chi connectivity index (χ1) is 8.61. The van der Waals surface area contributed by atoms with Crippen molar-refractivity contribution in [3.63, 3.8) is 0 Å². The van der Waals surface area contributed by atoms with Crippen molar-refractivity contribution in [3.05, 3.63) is 27.7 Å². The zero-order chi connectivity index (χ0) is 13.1. The Kier molecular flexibility index (Phi) is 5.19. The molecule has 2 nitrogen and oxygen atoms in total. The van der Waals surface area contributed by atoms with Crippen molar-refractivity contribution in [2.45, 2.75) is 37.4 Å². The first-order valence-corrected chi connectivity index (χ1v) is 7.60. The van der Waals surface area contributed by atoms with Gasteiger partial charge in [-0.2, -0.15) is 0 Å². The van der Waals surface area contributed by atoms with Crippen LogP contribution in [0.25, 0.3) is 0 Å². The minimum absolute atomic E-state index is 0.00211. The van der Waals surface area contributed by atoms with Gasteiger partial charge in [0.25, 0.3) is 0 Å². The quantitative estimate of drug-likeness (QED) is 0.717. The maximum Gasteiger partial charge on any atom is 0.138 e. The number of hydrogen-bond donors (Lipinski definition) is 0. The fourth-order valence-corrected chi connectivity index (χ4v) is 2.97. The lowest BCUT2D eigenvalue weighted by atomic mass is 9.91. The first kappa shape index (κ1) is 14.4. The Bertz CT molecular complexity index is 414. The van der Waals surface area contributed by atoms with Crippen molar-refractivity contribution in [1.82, 2.24) is 0 Å². The van der Waals surface area contributed by atoms with Crippen molar-refractivity contribution >= 4 is 39.1 Å². The Morgan fingerprint density at radius 1 is 1.44 bits per heavy atom. The van der Waals surface area contributed by atoms with E-state index in [1.807, 2.05) is 18.2 Å². The highest BCUT2D eigenvalue weighted by Gasteiger charge is 2.42. The van der Waals surface area contributed by atoms with Crippen LogP contribution in [-0.2, 0) is 4.74 Å². The molecular weight excluding hydrogens is 339 g/mol. The average Bonchev–Trinajstić information content (AvgIpc) is 2.32. The largest absolute Gasteiger partial charge is 0.486 e. The van der Waals surface area contributed by atoms with E-state index >= 15 is 0 Å². The highest BCUT2D eigenvalue weighted by molar-refractivity contribution is 9.10. The van der Waals surface area contributed by atoms with Crippen LogP contribution in [0.1, 0.15) is 19.8 Å². The van der Waals surface area contributed by atoms with Gasteiger partial charge in [-0.3, -0.25) is 0 Å². The molecule has 1 saturated carbocycles. The van der Waals surface area contributed by atoms with Crippen molar-refractivity contribution < 1.29 is 9.47 Å². The number of alkyl halides is 1. The van der Waals surface area contributed by atoms with Gasteiger partial charge >= 0.3 is 0 Å². The lowest BCUT2D eigenvalue weighted by Crippen LogP contribution is -2.52. The van der Waals surface area contributed by atoms with Crippen LogP contribution in [0, 0.1) is 0 Å². The van der Waals surface area contributed by atoms with Gasteiger partial charge in [0.15, 0.2) is 0 Å². The molecule has 0 amide bonds. The summed E-state index contributed by atoms with van der Waals surface area (Å²) in [5.74, 6) is 0.679. The maximum absolute atomic E-state index is 6.13. The average molecular weight is 354 g/mol. The van der Waals surface area contributed by atoms with Gasteiger partial charge in [-0.05, 0) is 24.6 Å². The Morgan fingerprint density at radius 3 is 2.83 bits per heavy atom. The molecule has 0 aliphatic heterocycles. The Balaban J connectivity index is 1.96. The number of hydrogen-bond acceptors (Lipinski definition) is 2. The summed E-state index contributed by atoms with van der Waals surface area (Å²) in [5.41, 5.74) is 0. The van der Waals surface area contributed by atoms with E-state index in [1.165, 1.54) is 0 Å². The monoisotopic (exact) mass is 352 g/mol. The molecule has 1 aromatic rings. The summed E-state index contributed by atoms with van der Waals surface area (Å²) in [5, 5.41) is 0.632. The summed E-state index contributed by atoms with van der Waals surface area (Å²) in [6.45, 7) is 2.78. The summed E-state index contributed by atoms with van der Waals surface area (Å²) in [4.78, 5) is 0. The van der Waals surface area contributed by atoms with E-state index < -0.39 is 0 Å². The van der Waals surface area contributed by atoms with Gasteiger partial charge in [0.1, 0.15) is 18.0 Å². The highest BCUT2D eigenvalue weighted by atomic mass is 79.9. The molecule has 1 fully saturated rings. The molecule has 18 heavy (non-hydrogen) atoms. The van der Waals surface area contributed by atoms with Crippen LogP contribution in [-0.4, -0.2) is 24.2 Å². The lowest BCUT2D eigenvalue weighted by Gasteiger charge is -2.40. The second-order valence-corrected chi connectivity index (χ2v) is 6.20. The minimum atomic E-state index is -0.0358. The van der Waals surface area contributed by atoms with Crippen LogP contribution in [0.15, 0.2) is 22.7 Å². The van der Waals surface area contributed by atoms with E-state index in [-0.39, 0.29) is 17.6 Å². The Labute approximate surface area is 126 Å². The molecule has 2 rings (SSSR count). The lowest BCUT2D eigenvalue weighted by molar-refractivity contribution is -0.0797. The van der Waals surface area contributed by atoms with Gasteiger partial charge in [0.2, 0.25) is 0 Å². The molecule has 5 heteroatoms. The van der Waals surface area contributed by atoms with Crippen molar-refractivity contribution in [2.24, 2.45) is 0 Å². The van der Waals surface area contributed by atoms with Gasteiger partial charge < -0.3 is 9.47 Å². The standard InChI is InChI=1S/C13H15BrCl2O2/c1-2-5-17-13-10(16)7-12(13)18-11-4-3-8(14)6-9(11)15/h3-4,6,10,12-13H,2,5,7H2,1H3. The van der Waals surface area contributed by atoms with Crippen molar-refractivity contribution in [1.29, 1.82) is 0 Å². The van der Waals surface area contributed by atoms with E-state index in [9.17, 15) is 0 Å². The number of halogens is 3. The molecule has 100 valence electrons. The van der Waals surface area contributed by atoms with Crippen molar-refractivity contribution in [3.8, 4) is 5.75 Å².